The predicted molar refractivity (Wildman–Crippen MR) is 59.1 cm³/mol. The molecule has 1 rings (SSSR count). The topological polar surface area (TPSA) is 64.3 Å². The molecular weight excluding hydrogens is 216 g/mol. The molecular formula is C10H13ClN2O2. The van der Waals surface area contributed by atoms with Gasteiger partial charge in [-0.15, -0.1) is 0 Å². The normalized spacial score (nSPS) is 11.9. The first kappa shape index (κ1) is 11.8. The van der Waals surface area contributed by atoms with Gasteiger partial charge in [-0.3, -0.25) is 0 Å². The summed E-state index contributed by atoms with van der Waals surface area (Å²) in [6.07, 6.45) is -0.555. The highest BCUT2D eigenvalue weighted by Gasteiger charge is 2.07. The van der Waals surface area contributed by atoms with Gasteiger partial charge in [-0.1, -0.05) is 23.7 Å². The molecule has 1 aromatic carbocycles. The maximum Gasteiger partial charge on any atom is 0.412 e. The first-order valence-electron chi connectivity index (χ1n) is 4.55. The van der Waals surface area contributed by atoms with Crippen molar-refractivity contribution in [3.8, 4) is 5.75 Å². The monoisotopic (exact) mass is 228 g/mol. The zero-order chi connectivity index (χ0) is 11.3. The number of benzene rings is 1. The van der Waals surface area contributed by atoms with Crippen molar-refractivity contribution in [2.24, 2.45) is 5.73 Å². The van der Waals surface area contributed by atoms with Crippen LogP contribution in [0.25, 0.3) is 0 Å². The smallest absolute Gasteiger partial charge is 0.409 e. The molecule has 0 radical (unpaired) electrons. The van der Waals surface area contributed by atoms with Crippen LogP contribution in [0.4, 0.5) is 4.79 Å². The first-order chi connectivity index (χ1) is 7.09. The van der Waals surface area contributed by atoms with E-state index in [1.54, 1.807) is 31.2 Å². The Bertz CT molecular complexity index is 342. The van der Waals surface area contributed by atoms with E-state index in [4.69, 9.17) is 22.1 Å². The molecule has 0 aliphatic heterocycles. The molecule has 4 nitrogen and oxygen atoms in total. The average molecular weight is 229 g/mol. The van der Waals surface area contributed by atoms with Gasteiger partial charge in [0, 0.05) is 12.6 Å². The summed E-state index contributed by atoms with van der Waals surface area (Å²) in [4.78, 5) is 11.2. The fourth-order valence-corrected chi connectivity index (χ4v) is 1.08. The van der Waals surface area contributed by atoms with Crippen molar-refractivity contribution in [2.75, 3.05) is 6.54 Å². The third kappa shape index (κ3) is 4.18. The van der Waals surface area contributed by atoms with Gasteiger partial charge >= 0.3 is 6.09 Å². The van der Waals surface area contributed by atoms with Crippen LogP contribution in [0.15, 0.2) is 24.3 Å². The van der Waals surface area contributed by atoms with Crippen molar-refractivity contribution < 1.29 is 9.53 Å². The Morgan fingerprint density at radius 3 is 2.87 bits per heavy atom. The molecule has 1 amide bonds. The number of nitrogens with two attached hydrogens (primary N) is 1. The number of nitrogens with one attached hydrogen (secondary N) is 1. The molecule has 0 fully saturated rings. The maximum atomic E-state index is 11.2. The number of carbonyl (C=O) groups is 1. The van der Waals surface area contributed by atoms with E-state index in [1.807, 2.05) is 0 Å². The number of amides is 1. The number of hydrogen-bond donors (Lipinski definition) is 2. The van der Waals surface area contributed by atoms with E-state index in [0.29, 0.717) is 17.3 Å². The van der Waals surface area contributed by atoms with E-state index >= 15 is 0 Å². The Balaban J connectivity index is 2.48. The van der Waals surface area contributed by atoms with Crippen LogP contribution in [0, 0.1) is 0 Å². The summed E-state index contributed by atoms with van der Waals surface area (Å²) < 4.78 is 4.96. The van der Waals surface area contributed by atoms with Crippen molar-refractivity contribution in [3.63, 3.8) is 0 Å². The lowest BCUT2D eigenvalue weighted by Crippen LogP contribution is -2.36. The Kier molecular flexibility index (Phi) is 4.39. The van der Waals surface area contributed by atoms with Crippen LogP contribution in [0.1, 0.15) is 6.92 Å². The number of carbonyl (C=O) groups excluding carboxylic acids is 1. The lowest BCUT2D eigenvalue weighted by Gasteiger charge is -2.09. The minimum absolute atomic E-state index is 0.108. The Morgan fingerprint density at radius 2 is 2.27 bits per heavy atom. The van der Waals surface area contributed by atoms with Gasteiger partial charge in [0.05, 0.1) is 5.02 Å². The lowest BCUT2D eigenvalue weighted by atomic mass is 10.3. The molecule has 1 aromatic rings. The van der Waals surface area contributed by atoms with Crippen molar-refractivity contribution in [2.45, 2.75) is 13.0 Å². The van der Waals surface area contributed by atoms with Crippen LogP contribution < -0.4 is 15.8 Å². The maximum absolute atomic E-state index is 11.2. The van der Waals surface area contributed by atoms with Crippen LogP contribution in [-0.2, 0) is 0 Å². The van der Waals surface area contributed by atoms with E-state index in [9.17, 15) is 4.79 Å². The van der Waals surface area contributed by atoms with Crippen LogP contribution in [0.3, 0.4) is 0 Å². The second kappa shape index (κ2) is 5.58. The third-order valence-electron chi connectivity index (χ3n) is 1.61. The Morgan fingerprint density at radius 1 is 1.60 bits per heavy atom. The summed E-state index contributed by atoms with van der Waals surface area (Å²) >= 11 is 5.80. The fraction of sp³-hybridized carbons (Fsp3) is 0.300. The number of ether oxygens (including phenoxy) is 1. The number of rotatable bonds is 3. The average Bonchev–Trinajstić information content (AvgIpc) is 2.18. The predicted octanol–water partition coefficient (Wildman–Crippen LogP) is 1.78. The molecule has 1 atom stereocenters. The van der Waals surface area contributed by atoms with Crippen LogP contribution in [0.5, 0.6) is 5.75 Å². The van der Waals surface area contributed by atoms with Crippen LogP contribution in [0.2, 0.25) is 5.02 Å². The molecule has 1 unspecified atom stereocenters. The van der Waals surface area contributed by atoms with Crippen molar-refractivity contribution in [1.29, 1.82) is 0 Å². The summed E-state index contributed by atoms with van der Waals surface area (Å²) in [7, 11) is 0. The summed E-state index contributed by atoms with van der Waals surface area (Å²) in [6.45, 7) is 2.15. The van der Waals surface area contributed by atoms with E-state index < -0.39 is 6.09 Å². The van der Waals surface area contributed by atoms with E-state index in [0.717, 1.165) is 0 Å². The van der Waals surface area contributed by atoms with Crippen molar-refractivity contribution in [1.82, 2.24) is 5.32 Å². The molecule has 15 heavy (non-hydrogen) atoms. The number of halogens is 1. The molecule has 82 valence electrons. The van der Waals surface area contributed by atoms with Gasteiger partial charge in [-0.05, 0) is 19.1 Å². The minimum Gasteiger partial charge on any atom is -0.409 e. The summed E-state index contributed by atoms with van der Waals surface area (Å²) in [5.41, 5.74) is 5.47. The summed E-state index contributed by atoms with van der Waals surface area (Å²) in [5.74, 6) is 0.335. The van der Waals surface area contributed by atoms with E-state index in [-0.39, 0.29) is 6.04 Å². The highest BCUT2D eigenvalue weighted by Crippen LogP contribution is 2.22. The molecule has 0 aromatic heterocycles. The summed E-state index contributed by atoms with van der Waals surface area (Å²) in [6, 6.07) is 6.65. The molecule has 0 bridgehead atoms. The number of para-hydroxylation sites is 1. The standard InChI is InChI=1S/C10H13ClN2O2/c1-7(12)6-13-10(14)15-9-5-3-2-4-8(9)11/h2-5,7H,6,12H2,1H3,(H,13,14). The molecule has 0 heterocycles. The molecule has 3 N–H and O–H groups in total. The Hall–Kier alpha value is -1.26. The minimum atomic E-state index is -0.555. The SMILES string of the molecule is CC(N)CNC(=O)Oc1ccccc1Cl. The molecule has 0 saturated heterocycles. The molecule has 0 saturated carbocycles. The van der Waals surface area contributed by atoms with Crippen LogP contribution >= 0.6 is 11.6 Å². The van der Waals surface area contributed by atoms with Gasteiger partial charge in [-0.25, -0.2) is 4.79 Å². The number of hydrogen-bond acceptors (Lipinski definition) is 3. The van der Waals surface area contributed by atoms with Crippen molar-refractivity contribution >= 4 is 17.7 Å². The quantitative estimate of drug-likeness (QED) is 0.829. The first-order valence-corrected chi connectivity index (χ1v) is 4.93. The highest BCUT2D eigenvalue weighted by molar-refractivity contribution is 6.32. The lowest BCUT2D eigenvalue weighted by molar-refractivity contribution is 0.200. The van der Waals surface area contributed by atoms with Crippen LogP contribution in [-0.4, -0.2) is 18.7 Å². The largest absolute Gasteiger partial charge is 0.412 e. The second-order valence-corrected chi connectivity index (χ2v) is 3.59. The van der Waals surface area contributed by atoms with Crippen molar-refractivity contribution in [3.05, 3.63) is 29.3 Å². The molecule has 0 aliphatic rings. The van der Waals surface area contributed by atoms with Gasteiger partial charge < -0.3 is 15.8 Å². The fourth-order valence-electron chi connectivity index (χ4n) is 0.908. The molecule has 5 heteroatoms. The highest BCUT2D eigenvalue weighted by atomic mass is 35.5. The molecule has 0 spiro atoms. The van der Waals surface area contributed by atoms with E-state index in [1.165, 1.54) is 0 Å². The van der Waals surface area contributed by atoms with Gasteiger partial charge in [0.15, 0.2) is 5.75 Å². The third-order valence-corrected chi connectivity index (χ3v) is 1.92. The van der Waals surface area contributed by atoms with Gasteiger partial charge in [0.25, 0.3) is 0 Å². The zero-order valence-electron chi connectivity index (χ0n) is 8.37. The summed E-state index contributed by atoms with van der Waals surface area (Å²) in [5, 5.41) is 2.91. The van der Waals surface area contributed by atoms with Gasteiger partial charge in [-0.2, -0.15) is 0 Å². The molecule has 0 aliphatic carbocycles. The van der Waals surface area contributed by atoms with E-state index in [2.05, 4.69) is 5.32 Å². The Labute approximate surface area is 93.4 Å². The zero-order valence-corrected chi connectivity index (χ0v) is 9.12. The van der Waals surface area contributed by atoms with Gasteiger partial charge in [0.1, 0.15) is 0 Å². The van der Waals surface area contributed by atoms with Gasteiger partial charge in [0.2, 0.25) is 0 Å². The second-order valence-electron chi connectivity index (χ2n) is 3.18.